The van der Waals surface area contributed by atoms with E-state index < -0.39 is 0 Å². The van der Waals surface area contributed by atoms with Crippen molar-refractivity contribution in [1.82, 2.24) is 0 Å². The molecule has 1 N–H and O–H groups in total. The van der Waals surface area contributed by atoms with E-state index in [1.807, 2.05) is 49.4 Å². The summed E-state index contributed by atoms with van der Waals surface area (Å²) in [6.45, 7) is 2.30. The lowest BCUT2D eigenvalue weighted by Crippen LogP contribution is -2.05. The summed E-state index contributed by atoms with van der Waals surface area (Å²) in [5.74, 6) is 0.763. The lowest BCUT2D eigenvalue weighted by molar-refractivity contribution is 0.305. The molecule has 2 rings (SSSR count). The first-order valence-electron chi connectivity index (χ1n) is 6.14. The van der Waals surface area contributed by atoms with Crippen molar-refractivity contribution in [3.8, 4) is 11.8 Å². The normalized spacial score (nSPS) is 10.9. The smallest absolute Gasteiger partial charge is 0.187 e. The van der Waals surface area contributed by atoms with Gasteiger partial charge in [0.15, 0.2) is 5.71 Å². The summed E-state index contributed by atoms with van der Waals surface area (Å²) in [6, 6.07) is 16.8. The van der Waals surface area contributed by atoms with E-state index in [-0.39, 0.29) is 5.71 Å². The fourth-order valence-electron chi connectivity index (χ4n) is 1.88. The Morgan fingerprint density at radius 2 is 2.05 bits per heavy atom. The zero-order valence-electron chi connectivity index (χ0n) is 11.1. The van der Waals surface area contributed by atoms with E-state index in [0.717, 1.165) is 16.9 Å². The van der Waals surface area contributed by atoms with Gasteiger partial charge in [0.2, 0.25) is 0 Å². The topological polar surface area (TPSA) is 65.6 Å². The molecule has 0 saturated heterocycles. The third-order valence-corrected chi connectivity index (χ3v) is 2.86. The van der Waals surface area contributed by atoms with Gasteiger partial charge in [0, 0.05) is 5.56 Å². The number of benzene rings is 2. The number of nitrogens with zero attached hydrogens (tertiary/aromatic N) is 2. The van der Waals surface area contributed by atoms with Gasteiger partial charge in [-0.05, 0) is 30.2 Å². The zero-order chi connectivity index (χ0) is 14.4. The fourth-order valence-corrected chi connectivity index (χ4v) is 1.88. The molecule has 0 heterocycles. The predicted molar refractivity (Wildman–Crippen MR) is 75.9 cm³/mol. The second-order valence-electron chi connectivity index (χ2n) is 4.32. The number of nitriles is 1. The molecule has 0 aliphatic heterocycles. The minimum Gasteiger partial charge on any atom is -0.489 e. The number of ether oxygens (including phenoxy) is 1. The zero-order valence-corrected chi connectivity index (χ0v) is 11.1. The molecule has 0 aliphatic carbocycles. The van der Waals surface area contributed by atoms with Gasteiger partial charge in [-0.25, -0.2) is 0 Å². The molecule has 0 aromatic heterocycles. The minimum atomic E-state index is -0.0200. The van der Waals surface area contributed by atoms with E-state index >= 15 is 0 Å². The highest BCUT2D eigenvalue weighted by atomic mass is 16.5. The molecule has 4 heteroatoms. The van der Waals surface area contributed by atoms with Crippen molar-refractivity contribution in [2.24, 2.45) is 5.16 Å². The van der Waals surface area contributed by atoms with E-state index in [4.69, 9.17) is 15.2 Å². The Labute approximate surface area is 117 Å². The van der Waals surface area contributed by atoms with Crippen LogP contribution in [0.4, 0.5) is 0 Å². The van der Waals surface area contributed by atoms with Crippen LogP contribution in [0.2, 0.25) is 0 Å². The van der Waals surface area contributed by atoms with Crippen LogP contribution in [0, 0.1) is 18.3 Å². The molecule has 2 aromatic carbocycles. The predicted octanol–water partition coefficient (Wildman–Crippen LogP) is 3.28. The van der Waals surface area contributed by atoms with Gasteiger partial charge in [0.1, 0.15) is 18.4 Å². The lowest BCUT2D eigenvalue weighted by atomic mass is 10.0. The van der Waals surface area contributed by atoms with Crippen LogP contribution in [0.1, 0.15) is 16.7 Å². The van der Waals surface area contributed by atoms with Crippen molar-refractivity contribution in [2.75, 3.05) is 0 Å². The van der Waals surface area contributed by atoms with Gasteiger partial charge >= 0.3 is 0 Å². The monoisotopic (exact) mass is 266 g/mol. The average molecular weight is 266 g/mol. The Bertz CT molecular complexity index is 672. The van der Waals surface area contributed by atoms with Crippen LogP contribution in [-0.2, 0) is 6.61 Å². The summed E-state index contributed by atoms with van der Waals surface area (Å²) in [5.41, 5.74) is 2.47. The Balaban J connectivity index is 2.20. The Morgan fingerprint density at radius 1 is 1.25 bits per heavy atom. The summed E-state index contributed by atoms with van der Waals surface area (Å²) < 4.78 is 5.71. The van der Waals surface area contributed by atoms with Gasteiger partial charge in [-0.3, -0.25) is 0 Å². The SMILES string of the molecule is Cc1cccc(OCc2ccccc2C(C#N)=NO)c1. The van der Waals surface area contributed by atoms with Crippen molar-refractivity contribution >= 4 is 5.71 Å². The second kappa shape index (κ2) is 6.39. The maximum absolute atomic E-state index is 8.94. The summed E-state index contributed by atoms with van der Waals surface area (Å²) in [4.78, 5) is 0. The molecule has 0 unspecified atom stereocenters. The summed E-state index contributed by atoms with van der Waals surface area (Å²) in [5, 5.41) is 20.8. The molecule has 0 radical (unpaired) electrons. The van der Waals surface area contributed by atoms with Gasteiger partial charge in [0.05, 0.1) is 0 Å². The molecule has 100 valence electrons. The molecular formula is C16H14N2O2. The molecule has 0 spiro atoms. The van der Waals surface area contributed by atoms with Crippen LogP contribution in [0.3, 0.4) is 0 Å². The lowest BCUT2D eigenvalue weighted by Gasteiger charge is -2.10. The van der Waals surface area contributed by atoms with E-state index in [2.05, 4.69) is 5.16 Å². The Morgan fingerprint density at radius 3 is 2.75 bits per heavy atom. The van der Waals surface area contributed by atoms with Crippen molar-refractivity contribution in [2.45, 2.75) is 13.5 Å². The molecular weight excluding hydrogens is 252 g/mol. The van der Waals surface area contributed by atoms with Gasteiger partial charge in [-0.2, -0.15) is 5.26 Å². The summed E-state index contributed by atoms with van der Waals surface area (Å²) in [6.07, 6.45) is 0. The Hall–Kier alpha value is -2.80. The van der Waals surface area contributed by atoms with E-state index in [1.54, 1.807) is 12.1 Å². The van der Waals surface area contributed by atoms with Crippen molar-refractivity contribution < 1.29 is 9.94 Å². The number of rotatable bonds is 4. The van der Waals surface area contributed by atoms with Gasteiger partial charge in [-0.1, -0.05) is 41.6 Å². The van der Waals surface area contributed by atoms with Crippen molar-refractivity contribution in [3.05, 3.63) is 65.2 Å². The van der Waals surface area contributed by atoms with Gasteiger partial charge in [0.25, 0.3) is 0 Å². The molecule has 0 atom stereocenters. The van der Waals surface area contributed by atoms with Gasteiger partial charge < -0.3 is 9.94 Å². The van der Waals surface area contributed by atoms with Crippen molar-refractivity contribution in [1.29, 1.82) is 5.26 Å². The van der Waals surface area contributed by atoms with Crippen LogP contribution < -0.4 is 4.74 Å². The van der Waals surface area contributed by atoms with Crippen LogP contribution in [0.25, 0.3) is 0 Å². The maximum Gasteiger partial charge on any atom is 0.187 e. The van der Waals surface area contributed by atoms with E-state index in [1.165, 1.54) is 0 Å². The highest BCUT2D eigenvalue weighted by molar-refractivity contribution is 6.12. The molecule has 4 nitrogen and oxygen atoms in total. The van der Waals surface area contributed by atoms with Crippen molar-refractivity contribution in [3.63, 3.8) is 0 Å². The molecule has 20 heavy (non-hydrogen) atoms. The number of oxime groups is 1. The minimum absolute atomic E-state index is 0.0200. The first-order chi connectivity index (χ1) is 9.74. The quantitative estimate of drug-likeness (QED) is 0.524. The first-order valence-corrected chi connectivity index (χ1v) is 6.14. The van der Waals surface area contributed by atoms with Gasteiger partial charge in [-0.15, -0.1) is 0 Å². The first kappa shape index (κ1) is 13.6. The fraction of sp³-hybridized carbons (Fsp3) is 0.125. The van der Waals surface area contributed by atoms with E-state index in [9.17, 15) is 0 Å². The largest absolute Gasteiger partial charge is 0.489 e. The number of hydrogen-bond acceptors (Lipinski definition) is 4. The van der Waals surface area contributed by atoms with Crippen LogP contribution >= 0.6 is 0 Å². The molecule has 0 amide bonds. The Kier molecular flexibility index (Phi) is 4.35. The molecule has 0 bridgehead atoms. The van der Waals surface area contributed by atoms with Crippen LogP contribution in [0.5, 0.6) is 5.75 Å². The number of hydrogen-bond donors (Lipinski definition) is 1. The maximum atomic E-state index is 8.94. The third-order valence-electron chi connectivity index (χ3n) is 2.86. The van der Waals surface area contributed by atoms with Crippen LogP contribution in [0.15, 0.2) is 53.7 Å². The molecule has 0 aliphatic rings. The summed E-state index contributed by atoms with van der Waals surface area (Å²) in [7, 11) is 0. The summed E-state index contributed by atoms with van der Waals surface area (Å²) >= 11 is 0. The third kappa shape index (κ3) is 3.15. The van der Waals surface area contributed by atoms with E-state index in [0.29, 0.717) is 12.2 Å². The molecule has 0 saturated carbocycles. The van der Waals surface area contributed by atoms with Crippen LogP contribution in [-0.4, -0.2) is 10.9 Å². The highest BCUT2D eigenvalue weighted by Crippen LogP contribution is 2.17. The molecule has 0 fully saturated rings. The average Bonchev–Trinajstić information content (AvgIpc) is 2.48. The number of aryl methyl sites for hydroxylation is 1. The highest BCUT2D eigenvalue weighted by Gasteiger charge is 2.09. The molecule has 2 aromatic rings. The second-order valence-corrected chi connectivity index (χ2v) is 4.32. The standard InChI is InChI=1S/C16H14N2O2/c1-12-5-4-7-14(9-12)20-11-13-6-2-3-8-15(13)16(10-17)18-19/h2-9,19H,11H2,1H3.